The van der Waals surface area contributed by atoms with Crippen molar-refractivity contribution in [2.45, 2.75) is 19.8 Å². The summed E-state index contributed by atoms with van der Waals surface area (Å²) in [6.45, 7) is 2.89. The summed E-state index contributed by atoms with van der Waals surface area (Å²) >= 11 is 0. The van der Waals surface area contributed by atoms with E-state index in [1.165, 1.54) is 18.2 Å². The van der Waals surface area contributed by atoms with Gasteiger partial charge in [0.15, 0.2) is 0 Å². The molecule has 0 saturated carbocycles. The van der Waals surface area contributed by atoms with Crippen LogP contribution in [0.5, 0.6) is 0 Å². The Morgan fingerprint density at radius 3 is 2.53 bits per heavy atom. The van der Waals surface area contributed by atoms with E-state index in [1.807, 2.05) is 31.2 Å². The smallest absolute Gasteiger partial charge is 0.314 e. The first-order chi connectivity index (χ1) is 9.13. The highest BCUT2D eigenvalue weighted by atomic mass is 16.5. The number of amides is 2. The Morgan fingerprint density at radius 2 is 1.84 bits per heavy atom. The first kappa shape index (κ1) is 15.0. The predicted octanol–water partition coefficient (Wildman–Crippen LogP) is 1.40. The predicted molar refractivity (Wildman–Crippen MR) is 72.9 cm³/mol. The van der Waals surface area contributed by atoms with Gasteiger partial charge in [-0.1, -0.05) is 24.3 Å². The zero-order chi connectivity index (χ0) is 14.1. The lowest BCUT2D eigenvalue weighted by atomic mass is 10.1. The van der Waals surface area contributed by atoms with Crippen molar-refractivity contribution in [3.63, 3.8) is 0 Å². The standard InChI is InChI=1S/C14H20N2O3/c1-11-5-3-4-6-12(11)7-9-15-14(18)16-10-8-13(17)19-2/h3-6H,7-10H2,1-2H3,(H2,15,16,18). The van der Waals surface area contributed by atoms with E-state index in [2.05, 4.69) is 15.4 Å². The number of esters is 1. The number of ether oxygens (including phenoxy) is 1. The maximum Gasteiger partial charge on any atom is 0.314 e. The lowest BCUT2D eigenvalue weighted by Crippen LogP contribution is -2.37. The molecule has 0 aliphatic carbocycles. The molecule has 0 atom stereocenters. The molecule has 5 heteroatoms. The number of hydrogen-bond acceptors (Lipinski definition) is 3. The van der Waals surface area contributed by atoms with Crippen LogP contribution in [0.1, 0.15) is 17.5 Å². The number of hydrogen-bond donors (Lipinski definition) is 2. The average molecular weight is 264 g/mol. The van der Waals surface area contributed by atoms with Gasteiger partial charge in [-0.2, -0.15) is 0 Å². The van der Waals surface area contributed by atoms with Gasteiger partial charge in [-0.05, 0) is 24.5 Å². The van der Waals surface area contributed by atoms with Gasteiger partial charge in [-0.25, -0.2) is 4.79 Å². The van der Waals surface area contributed by atoms with E-state index in [0.717, 1.165) is 6.42 Å². The fourth-order valence-electron chi connectivity index (χ4n) is 1.64. The highest BCUT2D eigenvalue weighted by Gasteiger charge is 2.03. The molecule has 0 aromatic heterocycles. The highest BCUT2D eigenvalue weighted by Crippen LogP contribution is 2.06. The Balaban J connectivity index is 2.17. The maximum atomic E-state index is 11.4. The molecular formula is C14H20N2O3. The fraction of sp³-hybridized carbons (Fsp3) is 0.429. The molecule has 0 radical (unpaired) electrons. The van der Waals surface area contributed by atoms with E-state index in [0.29, 0.717) is 6.54 Å². The molecule has 2 N–H and O–H groups in total. The van der Waals surface area contributed by atoms with Gasteiger partial charge in [0.05, 0.1) is 13.5 Å². The van der Waals surface area contributed by atoms with Crippen molar-refractivity contribution in [3.05, 3.63) is 35.4 Å². The second-order valence-corrected chi connectivity index (χ2v) is 4.19. The first-order valence-electron chi connectivity index (χ1n) is 6.26. The molecule has 0 bridgehead atoms. The molecule has 0 aliphatic heterocycles. The zero-order valence-electron chi connectivity index (χ0n) is 11.4. The molecule has 0 spiro atoms. The van der Waals surface area contributed by atoms with Gasteiger partial charge in [-0.3, -0.25) is 4.79 Å². The van der Waals surface area contributed by atoms with E-state index < -0.39 is 0 Å². The number of methoxy groups -OCH3 is 1. The minimum Gasteiger partial charge on any atom is -0.469 e. The van der Waals surface area contributed by atoms with Crippen LogP contribution >= 0.6 is 0 Å². The summed E-state index contributed by atoms with van der Waals surface area (Å²) in [6, 6.07) is 7.81. The van der Waals surface area contributed by atoms with Crippen molar-refractivity contribution < 1.29 is 14.3 Å². The average Bonchev–Trinajstić information content (AvgIpc) is 2.40. The Hall–Kier alpha value is -2.04. The van der Waals surface area contributed by atoms with Crippen LogP contribution in [0.2, 0.25) is 0 Å². The molecule has 0 heterocycles. The van der Waals surface area contributed by atoms with E-state index in [-0.39, 0.29) is 25.0 Å². The van der Waals surface area contributed by atoms with Gasteiger partial charge in [-0.15, -0.1) is 0 Å². The Kier molecular flexibility index (Phi) is 6.43. The lowest BCUT2D eigenvalue weighted by molar-refractivity contribution is -0.140. The molecule has 2 amide bonds. The van der Waals surface area contributed by atoms with Gasteiger partial charge < -0.3 is 15.4 Å². The Labute approximate surface area is 113 Å². The van der Waals surface area contributed by atoms with Crippen molar-refractivity contribution in [1.29, 1.82) is 0 Å². The zero-order valence-corrected chi connectivity index (χ0v) is 11.4. The van der Waals surface area contributed by atoms with Gasteiger partial charge in [0.1, 0.15) is 0 Å². The van der Waals surface area contributed by atoms with Crippen LogP contribution in [0.3, 0.4) is 0 Å². The second kappa shape index (κ2) is 8.13. The summed E-state index contributed by atoms with van der Waals surface area (Å²) in [5.74, 6) is -0.333. The molecule has 104 valence electrons. The van der Waals surface area contributed by atoms with Gasteiger partial charge in [0.25, 0.3) is 0 Å². The minimum atomic E-state index is -0.333. The molecule has 1 aromatic rings. The summed E-state index contributed by atoms with van der Waals surface area (Å²) in [6.07, 6.45) is 0.971. The number of carbonyl (C=O) groups is 2. The highest BCUT2D eigenvalue weighted by molar-refractivity contribution is 5.75. The number of nitrogens with one attached hydrogen (secondary N) is 2. The van der Waals surface area contributed by atoms with Crippen LogP contribution in [-0.4, -0.2) is 32.2 Å². The van der Waals surface area contributed by atoms with Crippen molar-refractivity contribution in [3.8, 4) is 0 Å². The number of urea groups is 1. The van der Waals surface area contributed by atoms with E-state index in [4.69, 9.17) is 0 Å². The van der Waals surface area contributed by atoms with Crippen molar-refractivity contribution >= 4 is 12.0 Å². The monoisotopic (exact) mass is 264 g/mol. The van der Waals surface area contributed by atoms with E-state index in [1.54, 1.807) is 0 Å². The summed E-state index contributed by atoms with van der Waals surface area (Å²) in [4.78, 5) is 22.2. The summed E-state index contributed by atoms with van der Waals surface area (Å²) in [5.41, 5.74) is 2.44. The van der Waals surface area contributed by atoms with E-state index in [9.17, 15) is 9.59 Å². The number of benzene rings is 1. The van der Waals surface area contributed by atoms with Crippen molar-refractivity contribution in [1.82, 2.24) is 10.6 Å². The largest absolute Gasteiger partial charge is 0.469 e. The topological polar surface area (TPSA) is 67.4 Å². The molecule has 0 saturated heterocycles. The molecule has 0 unspecified atom stereocenters. The van der Waals surface area contributed by atoms with Crippen LogP contribution in [-0.2, 0) is 16.0 Å². The van der Waals surface area contributed by atoms with Crippen LogP contribution in [0.15, 0.2) is 24.3 Å². The SMILES string of the molecule is COC(=O)CCNC(=O)NCCc1ccccc1C. The summed E-state index contributed by atoms with van der Waals surface area (Å²) in [7, 11) is 1.32. The number of aryl methyl sites for hydroxylation is 1. The third-order valence-corrected chi connectivity index (χ3v) is 2.78. The van der Waals surface area contributed by atoms with Crippen molar-refractivity contribution in [2.75, 3.05) is 20.2 Å². The van der Waals surface area contributed by atoms with Crippen LogP contribution in [0.25, 0.3) is 0 Å². The van der Waals surface area contributed by atoms with Crippen LogP contribution < -0.4 is 10.6 Å². The molecule has 0 fully saturated rings. The Bertz CT molecular complexity index is 432. The molecule has 5 nitrogen and oxygen atoms in total. The van der Waals surface area contributed by atoms with Gasteiger partial charge in [0.2, 0.25) is 0 Å². The molecular weight excluding hydrogens is 244 g/mol. The number of rotatable bonds is 6. The van der Waals surface area contributed by atoms with Gasteiger partial charge in [0, 0.05) is 13.1 Å². The summed E-state index contributed by atoms with van der Waals surface area (Å²) in [5, 5.41) is 5.35. The maximum absolute atomic E-state index is 11.4. The second-order valence-electron chi connectivity index (χ2n) is 4.19. The fourth-order valence-corrected chi connectivity index (χ4v) is 1.64. The Morgan fingerprint density at radius 1 is 1.16 bits per heavy atom. The molecule has 1 aromatic carbocycles. The molecule has 0 aliphatic rings. The van der Waals surface area contributed by atoms with Crippen molar-refractivity contribution in [2.24, 2.45) is 0 Å². The molecule has 1 rings (SSSR count). The van der Waals surface area contributed by atoms with E-state index >= 15 is 0 Å². The quantitative estimate of drug-likeness (QED) is 0.763. The third kappa shape index (κ3) is 5.90. The minimum absolute atomic E-state index is 0.182. The van der Waals surface area contributed by atoms with Crippen LogP contribution in [0, 0.1) is 6.92 Å². The normalized spacial score (nSPS) is 9.79. The van der Waals surface area contributed by atoms with Gasteiger partial charge >= 0.3 is 12.0 Å². The lowest BCUT2D eigenvalue weighted by Gasteiger charge is -2.08. The first-order valence-corrected chi connectivity index (χ1v) is 6.26. The molecule has 19 heavy (non-hydrogen) atoms. The van der Waals surface area contributed by atoms with Crippen LogP contribution in [0.4, 0.5) is 4.79 Å². The summed E-state index contributed by atoms with van der Waals surface area (Å²) < 4.78 is 4.47. The number of carbonyl (C=O) groups excluding carboxylic acids is 2. The third-order valence-electron chi connectivity index (χ3n) is 2.78.